The molecule has 0 saturated carbocycles. The molecule has 1 amide bonds. The third kappa shape index (κ3) is 5.16. The predicted molar refractivity (Wildman–Crippen MR) is 79.0 cm³/mol. The Bertz CT molecular complexity index is 534. The van der Waals surface area contributed by atoms with Crippen LogP contribution in [0.15, 0.2) is 5.38 Å². The topological polar surface area (TPSA) is 83.3 Å². The van der Waals surface area contributed by atoms with Crippen molar-refractivity contribution >= 4 is 23.2 Å². The van der Waals surface area contributed by atoms with Crippen LogP contribution in [0.25, 0.3) is 0 Å². The molecular formula is C14H19N3O3S. The van der Waals surface area contributed by atoms with Crippen LogP contribution in [-0.2, 0) is 4.74 Å². The van der Waals surface area contributed by atoms with Gasteiger partial charge in [0.2, 0.25) is 5.01 Å². The van der Waals surface area contributed by atoms with E-state index in [1.807, 2.05) is 19.9 Å². The molecule has 6 nitrogen and oxygen atoms in total. The van der Waals surface area contributed by atoms with E-state index in [0.717, 1.165) is 11.3 Å². The van der Waals surface area contributed by atoms with Gasteiger partial charge in [0, 0.05) is 18.5 Å². The van der Waals surface area contributed by atoms with Gasteiger partial charge in [-0.2, -0.15) is 5.26 Å². The van der Waals surface area contributed by atoms with Crippen LogP contribution in [0.2, 0.25) is 0 Å². The van der Waals surface area contributed by atoms with Gasteiger partial charge in [0.15, 0.2) is 0 Å². The summed E-state index contributed by atoms with van der Waals surface area (Å²) in [5, 5.41) is 10.4. The maximum Gasteiger partial charge on any atom is 0.367 e. The molecule has 0 aliphatic heterocycles. The zero-order valence-corrected chi connectivity index (χ0v) is 13.3. The van der Waals surface area contributed by atoms with E-state index < -0.39 is 5.97 Å². The summed E-state index contributed by atoms with van der Waals surface area (Å²) in [6.45, 7) is 6.88. The molecule has 0 N–H and O–H groups in total. The number of amides is 1. The molecule has 0 bridgehead atoms. The number of hydrogen-bond donors (Lipinski definition) is 0. The summed E-state index contributed by atoms with van der Waals surface area (Å²) in [4.78, 5) is 29.6. The highest BCUT2D eigenvalue weighted by molar-refractivity contribution is 7.11. The van der Waals surface area contributed by atoms with Crippen molar-refractivity contribution in [3.05, 3.63) is 16.1 Å². The van der Waals surface area contributed by atoms with Crippen molar-refractivity contribution in [1.82, 2.24) is 9.88 Å². The number of nitrogens with zero attached hydrogens (tertiary/aromatic N) is 3. The average molecular weight is 309 g/mol. The number of hydrogen-bond acceptors (Lipinski definition) is 6. The van der Waals surface area contributed by atoms with Crippen LogP contribution in [-0.4, -0.2) is 41.5 Å². The minimum absolute atomic E-state index is 0.171. The number of ether oxygens (including phenoxy) is 1. The smallest absolute Gasteiger partial charge is 0.367 e. The average Bonchev–Trinajstić information content (AvgIpc) is 2.92. The van der Waals surface area contributed by atoms with Gasteiger partial charge in [0.05, 0.1) is 19.1 Å². The summed E-state index contributed by atoms with van der Waals surface area (Å²) in [6.07, 6.45) is 0.271. The molecule has 7 heteroatoms. The number of aromatic nitrogens is 1. The van der Waals surface area contributed by atoms with Gasteiger partial charge in [-0.25, -0.2) is 9.78 Å². The molecule has 0 atom stereocenters. The summed E-state index contributed by atoms with van der Waals surface area (Å²) in [7, 11) is 0. The fraction of sp³-hybridized carbons (Fsp3) is 0.571. The minimum atomic E-state index is -0.519. The summed E-state index contributed by atoms with van der Waals surface area (Å²) >= 11 is 1.09. The maximum absolute atomic E-state index is 12.4. The van der Waals surface area contributed by atoms with Crippen molar-refractivity contribution in [3.63, 3.8) is 0 Å². The quantitative estimate of drug-likeness (QED) is 0.722. The third-order valence-electron chi connectivity index (χ3n) is 2.54. The van der Waals surface area contributed by atoms with E-state index in [1.165, 1.54) is 0 Å². The van der Waals surface area contributed by atoms with Gasteiger partial charge >= 0.3 is 5.97 Å². The Kier molecular flexibility index (Phi) is 6.82. The molecule has 1 aromatic rings. The second-order valence-corrected chi connectivity index (χ2v) is 5.67. The van der Waals surface area contributed by atoms with Crippen molar-refractivity contribution in [2.75, 3.05) is 19.7 Å². The van der Waals surface area contributed by atoms with Crippen LogP contribution in [0.1, 0.15) is 47.5 Å². The Labute approximate surface area is 128 Å². The number of thiazole rings is 1. The molecule has 0 radical (unpaired) electrons. The summed E-state index contributed by atoms with van der Waals surface area (Å²) in [5.41, 5.74) is 0.224. The minimum Gasteiger partial charge on any atom is -0.461 e. The third-order valence-corrected chi connectivity index (χ3v) is 3.36. The first-order valence-electron chi connectivity index (χ1n) is 6.78. The lowest BCUT2D eigenvalue weighted by molar-refractivity contribution is 0.0526. The van der Waals surface area contributed by atoms with Gasteiger partial charge < -0.3 is 9.64 Å². The summed E-state index contributed by atoms with van der Waals surface area (Å²) in [6, 6.07) is 2.03. The maximum atomic E-state index is 12.4. The molecule has 0 fully saturated rings. The second kappa shape index (κ2) is 8.37. The van der Waals surface area contributed by atoms with Crippen LogP contribution in [0.4, 0.5) is 0 Å². The lowest BCUT2D eigenvalue weighted by atomic mass is 10.2. The number of carbonyl (C=O) groups is 2. The molecule has 1 aromatic heterocycles. The van der Waals surface area contributed by atoms with Crippen LogP contribution >= 0.6 is 11.3 Å². The van der Waals surface area contributed by atoms with Gasteiger partial charge in [0.1, 0.15) is 5.69 Å². The molecule has 114 valence electrons. The Morgan fingerprint density at radius 2 is 2.24 bits per heavy atom. The number of nitriles is 1. The predicted octanol–water partition coefficient (Wildman–Crippen LogP) is 2.33. The molecular weight excluding hydrogens is 290 g/mol. The van der Waals surface area contributed by atoms with E-state index in [1.54, 1.807) is 17.2 Å². The highest BCUT2D eigenvalue weighted by Gasteiger charge is 2.21. The van der Waals surface area contributed by atoms with Crippen molar-refractivity contribution in [2.45, 2.75) is 27.2 Å². The van der Waals surface area contributed by atoms with E-state index in [9.17, 15) is 9.59 Å². The van der Waals surface area contributed by atoms with Crippen LogP contribution < -0.4 is 0 Å². The van der Waals surface area contributed by atoms with E-state index in [2.05, 4.69) is 4.98 Å². The highest BCUT2D eigenvalue weighted by atomic mass is 32.1. The Hall–Kier alpha value is -1.94. The normalized spacial score (nSPS) is 10.2. The first-order valence-corrected chi connectivity index (χ1v) is 7.66. The fourth-order valence-electron chi connectivity index (χ4n) is 1.72. The largest absolute Gasteiger partial charge is 0.461 e. The molecule has 0 aliphatic carbocycles. The van der Waals surface area contributed by atoms with Crippen LogP contribution in [0, 0.1) is 17.2 Å². The fourth-order valence-corrected chi connectivity index (χ4v) is 2.41. The summed E-state index contributed by atoms with van der Waals surface area (Å²) in [5.74, 6) is -0.490. The summed E-state index contributed by atoms with van der Waals surface area (Å²) < 4.78 is 4.85. The van der Waals surface area contributed by atoms with Gasteiger partial charge in [-0.05, 0) is 12.8 Å². The van der Waals surface area contributed by atoms with Gasteiger partial charge in [0.25, 0.3) is 5.91 Å². The van der Waals surface area contributed by atoms with E-state index >= 15 is 0 Å². The van der Waals surface area contributed by atoms with Crippen LogP contribution in [0.3, 0.4) is 0 Å². The van der Waals surface area contributed by atoms with E-state index in [4.69, 9.17) is 10.00 Å². The van der Waals surface area contributed by atoms with Crippen molar-refractivity contribution in [1.29, 1.82) is 5.26 Å². The highest BCUT2D eigenvalue weighted by Crippen LogP contribution is 2.14. The van der Waals surface area contributed by atoms with E-state index in [0.29, 0.717) is 13.1 Å². The molecule has 21 heavy (non-hydrogen) atoms. The van der Waals surface area contributed by atoms with Crippen molar-refractivity contribution < 1.29 is 14.3 Å². The molecule has 1 heterocycles. The zero-order chi connectivity index (χ0) is 15.8. The number of carbonyl (C=O) groups excluding carboxylic acids is 2. The molecule has 0 spiro atoms. The Balaban J connectivity index is 2.83. The second-order valence-electron chi connectivity index (χ2n) is 4.81. The molecule has 1 rings (SSSR count). The number of rotatable bonds is 7. The first-order chi connectivity index (χ1) is 9.99. The SMILES string of the molecule is CCOC(=O)c1nc(C(=O)N(CCC#N)CC(C)C)cs1. The van der Waals surface area contributed by atoms with Gasteiger partial charge in [-0.1, -0.05) is 13.8 Å². The molecule has 0 aromatic carbocycles. The van der Waals surface area contributed by atoms with Crippen molar-refractivity contribution in [3.8, 4) is 6.07 Å². The van der Waals surface area contributed by atoms with Gasteiger partial charge in [-0.15, -0.1) is 11.3 Å². The van der Waals surface area contributed by atoms with Crippen LogP contribution in [0.5, 0.6) is 0 Å². The zero-order valence-electron chi connectivity index (χ0n) is 12.5. The van der Waals surface area contributed by atoms with Gasteiger partial charge in [-0.3, -0.25) is 4.79 Å². The molecule has 0 aliphatic rings. The number of esters is 1. The lowest BCUT2D eigenvalue weighted by Gasteiger charge is -2.22. The van der Waals surface area contributed by atoms with Crippen molar-refractivity contribution in [2.24, 2.45) is 5.92 Å². The Morgan fingerprint density at radius 3 is 2.81 bits per heavy atom. The standard InChI is InChI=1S/C14H19N3O3S/c1-4-20-14(19)12-16-11(9-21-12)13(18)17(7-5-6-15)8-10(2)3/h9-10H,4-5,7-8H2,1-3H3. The van der Waals surface area contributed by atoms with E-state index in [-0.39, 0.29) is 35.6 Å². The lowest BCUT2D eigenvalue weighted by Crippen LogP contribution is -2.35. The monoisotopic (exact) mass is 309 g/mol. The molecule has 0 unspecified atom stereocenters. The first kappa shape index (κ1) is 17.1. The molecule has 0 saturated heterocycles. The Morgan fingerprint density at radius 1 is 1.52 bits per heavy atom.